The van der Waals surface area contributed by atoms with Gasteiger partial charge in [-0.25, -0.2) is 4.39 Å². The maximum atomic E-state index is 13.0. The number of likely N-dealkylation sites (N-methyl/N-ethyl adjacent to an activating group) is 1. The highest BCUT2D eigenvalue weighted by atomic mass is 35.5. The molecule has 1 aromatic carbocycles. The summed E-state index contributed by atoms with van der Waals surface area (Å²) in [5, 5.41) is 0.441. The predicted octanol–water partition coefficient (Wildman–Crippen LogP) is 3.07. The van der Waals surface area contributed by atoms with Gasteiger partial charge in [0.2, 0.25) is 0 Å². The summed E-state index contributed by atoms with van der Waals surface area (Å²) in [5.41, 5.74) is 6.68. The second-order valence-electron chi connectivity index (χ2n) is 4.75. The molecule has 0 radical (unpaired) electrons. The molecule has 0 aromatic heterocycles. The van der Waals surface area contributed by atoms with Crippen LogP contribution in [-0.2, 0) is 0 Å². The van der Waals surface area contributed by atoms with Crippen molar-refractivity contribution < 1.29 is 4.39 Å². The summed E-state index contributed by atoms with van der Waals surface area (Å²) in [6.45, 7) is 5.69. The van der Waals surface area contributed by atoms with Gasteiger partial charge in [-0.2, -0.15) is 0 Å². The summed E-state index contributed by atoms with van der Waals surface area (Å²) < 4.78 is 13.0. The first kappa shape index (κ1) is 14.4. The van der Waals surface area contributed by atoms with E-state index >= 15 is 0 Å². The second kappa shape index (κ2) is 6.34. The van der Waals surface area contributed by atoms with Gasteiger partial charge in [-0.3, -0.25) is 4.90 Å². The standard InChI is InChI=1S/C13H20ClFN2/c1-9(2)8-17(3)13(7-16)11-5-4-10(15)6-12(11)14/h4-6,9,13H,7-8,16H2,1-3H3. The Hall–Kier alpha value is -0.640. The van der Waals surface area contributed by atoms with E-state index in [2.05, 4.69) is 18.7 Å². The van der Waals surface area contributed by atoms with Gasteiger partial charge in [0.25, 0.3) is 0 Å². The van der Waals surface area contributed by atoms with Crippen molar-refractivity contribution in [3.8, 4) is 0 Å². The van der Waals surface area contributed by atoms with Crippen molar-refractivity contribution in [2.24, 2.45) is 11.7 Å². The molecule has 17 heavy (non-hydrogen) atoms. The highest BCUT2D eigenvalue weighted by molar-refractivity contribution is 6.31. The molecule has 0 saturated heterocycles. The SMILES string of the molecule is CC(C)CN(C)C(CN)c1ccc(F)cc1Cl. The molecule has 0 aliphatic heterocycles. The van der Waals surface area contributed by atoms with Crippen molar-refractivity contribution in [3.05, 3.63) is 34.6 Å². The van der Waals surface area contributed by atoms with Gasteiger partial charge in [-0.1, -0.05) is 31.5 Å². The van der Waals surface area contributed by atoms with Crippen molar-refractivity contribution in [1.29, 1.82) is 0 Å². The predicted molar refractivity (Wildman–Crippen MR) is 70.7 cm³/mol. The molecule has 0 bridgehead atoms. The molecule has 4 heteroatoms. The lowest BCUT2D eigenvalue weighted by Crippen LogP contribution is -2.33. The van der Waals surface area contributed by atoms with Gasteiger partial charge in [-0.05, 0) is 30.7 Å². The smallest absolute Gasteiger partial charge is 0.124 e. The van der Waals surface area contributed by atoms with Crippen LogP contribution in [0.4, 0.5) is 4.39 Å². The number of halogens is 2. The van der Waals surface area contributed by atoms with Crippen LogP contribution >= 0.6 is 11.6 Å². The van der Waals surface area contributed by atoms with Crippen LogP contribution in [0.3, 0.4) is 0 Å². The lowest BCUT2D eigenvalue weighted by atomic mass is 10.0. The minimum absolute atomic E-state index is 0.0329. The van der Waals surface area contributed by atoms with Crippen LogP contribution in [-0.4, -0.2) is 25.0 Å². The van der Waals surface area contributed by atoms with E-state index in [-0.39, 0.29) is 11.9 Å². The van der Waals surface area contributed by atoms with Crippen molar-refractivity contribution in [2.45, 2.75) is 19.9 Å². The van der Waals surface area contributed by atoms with E-state index in [4.69, 9.17) is 17.3 Å². The van der Waals surface area contributed by atoms with Gasteiger partial charge in [0.1, 0.15) is 5.82 Å². The molecule has 0 amide bonds. The largest absolute Gasteiger partial charge is 0.329 e. The van der Waals surface area contributed by atoms with Crippen LogP contribution < -0.4 is 5.73 Å². The highest BCUT2D eigenvalue weighted by Gasteiger charge is 2.19. The summed E-state index contributed by atoms with van der Waals surface area (Å²) in [6.07, 6.45) is 0. The van der Waals surface area contributed by atoms with Crippen LogP contribution in [0.2, 0.25) is 5.02 Å². The van der Waals surface area contributed by atoms with E-state index in [0.717, 1.165) is 12.1 Å². The number of benzene rings is 1. The average molecular weight is 259 g/mol. The van der Waals surface area contributed by atoms with E-state index in [9.17, 15) is 4.39 Å². The first-order chi connectivity index (χ1) is 7.95. The lowest BCUT2D eigenvalue weighted by Gasteiger charge is -2.29. The molecule has 2 nitrogen and oxygen atoms in total. The Kier molecular flexibility index (Phi) is 5.37. The van der Waals surface area contributed by atoms with Crippen LogP contribution in [0, 0.1) is 11.7 Å². The Morgan fingerprint density at radius 3 is 2.53 bits per heavy atom. The molecule has 0 fully saturated rings. The van der Waals surface area contributed by atoms with Crippen LogP contribution in [0.1, 0.15) is 25.5 Å². The third kappa shape index (κ3) is 3.95. The third-order valence-corrected chi connectivity index (χ3v) is 3.06. The quantitative estimate of drug-likeness (QED) is 0.880. The zero-order chi connectivity index (χ0) is 13.0. The Morgan fingerprint density at radius 2 is 2.06 bits per heavy atom. The molecule has 0 saturated carbocycles. The molecular formula is C13H20ClFN2. The Balaban J connectivity index is 2.93. The molecule has 0 spiro atoms. The molecule has 96 valence electrons. The van der Waals surface area contributed by atoms with Crippen LogP contribution in [0.5, 0.6) is 0 Å². The summed E-state index contributed by atoms with van der Waals surface area (Å²) in [6, 6.07) is 4.51. The number of hydrogen-bond acceptors (Lipinski definition) is 2. The number of nitrogens with zero attached hydrogens (tertiary/aromatic N) is 1. The van der Waals surface area contributed by atoms with Gasteiger partial charge in [0.15, 0.2) is 0 Å². The molecule has 0 heterocycles. The van der Waals surface area contributed by atoms with Gasteiger partial charge in [0.05, 0.1) is 0 Å². The minimum Gasteiger partial charge on any atom is -0.329 e. The van der Waals surface area contributed by atoms with Gasteiger partial charge < -0.3 is 5.73 Å². The van der Waals surface area contributed by atoms with Crippen molar-refractivity contribution in [2.75, 3.05) is 20.1 Å². The molecule has 0 aliphatic rings. The third-order valence-electron chi connectivity index (χ3n) is 2.73. The lowest BCUT2D eigenvalue weighted by molar-refractivity contribution is 0.223. The van der Waals surface area contributed by atoms with Gasteiger partial charge in [0, 0.05) is 24.2 Å². The highest BCUT2D eigenvalue weighted by Crippen LogP contribution is 2.27. The zero-order valence-corrected chi connectivity index (χ0v) is 11.3. The Bertz CT molecular complexity index is 368. The van der Waals surface area contributed by atoms with E-state index in [1.807, 2.05) is 7.05 Å². The van der Waals surface area contributed by atoms with Crippen molar-refractivity contribution in [3.63, 3.8) is 0 Å². The monoisotopic (exact) mass is 258 g/mol. The second-order valence-corrected chi connectivity index (χ2v) is 5.16. The number of nitrogens with two attached hydrogens (primary N) is 1. The fourth-order valence-corrected chi connectivity index (χ4v) is 2.31. The summed E-state index contributed by atoms with van der Waals surface area (Å²) >= 11 is 6.06. The molecule has 1 unspecified atom stereocenters. The maximum absolute atomic E-state index is 13.0. The van der Waals surface area contributed by atoms with Gasteiger partial charge in [-0.15, -0.1) is 0 Å². The molecule has 2 N–H and O–H groups in total. The first-order valence-corrected chi connectivity index (χ1v) is 6.18. The van der Waals surface area contributed by atoms with E-state index in [0.29, 0.717) is 17.5 Å². The van der Waals surface area contributed by atoms with Crippen LogP contribution in [0.15, 0.2) is 18.2 Å². The van der Waals surface area contributed by atoms with E-state index < -0.39 is 0 Å². The molecule has 1 aromatic rings. The van der Waals surface area contributed by atoms with E-state index in [1.54, 1.807) is 6.07 Å². The molecular weight excluding hydrogens is 239 g/mol. The summed E-state index contributed by atoms with van der Waals surface area (Å²) in [7, 11) is 2.01. The van der Waals surface area contributed by atoms with Gasteiger partial charge >= 0.3 is 0 Å². The molecule has 1 rings (SSSR count). The summed E-state index contributed by atoms with van der Waals surface area (Å²) in [5.74, 6) is 0.231. The fraction of sp³-hybridized carbons (Fsp3) is 0.538. The Morgan fingerprint density at radius 1 is 1.41 bits per heavy atom. The van der Waals surface area contributed by atoms with Crippen molar-refractivity contribution in [1.82, 2.24) is 4.90 Å². The van der Waals surface area contributed by atoms with Crippen molar-refractivity contribution >= 4 is 11.6 Å². The topological polar surface area (TPSA) is 29.3 Å². The molecule has 1 atom stereocenters. The van der Waals surface area contributed by atoms with E-state index in [1.165, 1.54) is 12.1 Å². The fourth-order valence-electron chi connectivity index (χ4n) is 2.02. The maximum Gasteiger partial charge on any atom is 0.124 e. The minimum atomic E-state index is -0.318. The zero-order valence-electron chi connectivity index (χ0n) is 10.6. The van der Waals surface area contributed by atoms with Crippen LogP contribution in [0.25, 0.3) is 0 Å². The number of hydrogen-bond donors (Lipinski definition) is 1. The Labute approximate surface area is 108 Å². The first-order valence-electron chi connectivity index (χ1n) is 5.81. The number of rotatable bonds is 5. The average Bonchev–Trinajstić information content (AvgIpc) is 2.21. The summed E-state index contributed by atoms with van der Waals surface area (Å²) in [4.78, 5) is 2.16. The molecule has 0 aliphatic carbocycles. The normalized spacial score (nSPS) is 13.4.